The van der Waals surface area contributed by atoms with E-state index < -0.39 is 0 Å². The summed E-state index contributed by atoms with van der Waals surface area (Å²) in [5, 5.41) is 3.46. The Morgan fingerprint density at radius 1 is 1.28 bits per heavy atom. The summed E-state index contributed by atoms with van der Waals surface area (Å²) in [5.74, 6) is 0. The van der Waals surface area contributed by atoms with Gasteiger partial charge in [0.25, 0.3) is 5.71 Å². The standard InChI is InChI=1S/C15H17N3/c1-12(17-14-5-3-2-4-6-14)11-13-7-9-15(18-16)10-8-13/h2-9,12,17H,10-11H2,1H3. The maximum atomic E-state index is 8.65. The van der Waals surface area contributed by atoms with Crippen molar-refractivity contribution < 1.29 is 4.79 Å². The fourth-order valence-electron chi connectivity index (χ4n) is 2.02. The molecule has 18 heavy (non-hydrogen) atoms. The van der Waals surface area contributed by atoms with Gasteiger partial charge in [-0.05, 0) is 31.1 Å². The fourth-order valence-corrected chi connectivity index (χ4v) is 2.02. The predicted octanol–water partition coefficient (Wildman–Crippen LogP) is 3.43. The number of nitrogens with zero attached hydrogens (tertiary/aromatic N) is 2. The number of allylic oxidation sites excluding steroid dienone is 3. The van der Waals surface area contributed by atoms with Crippen molar-refractivity contribution in [1.29, 1.82) is 0 Å². The van der Waals surface area contributed by atoms with Crippen LogP contribution in [0.2, 0.25) is 0 Å². The van der Waals surface area contributed by atoms with Crippen molar-refractivity contribution in [2.24, 2.45) is 0 Å². The molecule has 0 heterocycles. The van der Waals surface area contributed by atoms with Gasteiger partial charge in [0.1, 0.15) is 0 Å². The topological polar surface area (TPSA) is 48.4 Å². The molecule has 0 saturated carbocycles. The van der Waals surface area contributed by atoms with E-state index in [4.69, 9.17) is 5.53 Å². The summed E-state index contributed by atoms with van der Waals surface area (Å²) in [6, 6.07) is 10.6. The average molecular weight is 239 g/mol. The molecule has 1 atom stereocenters. The van der Waals surface area contributed by atoms with Gasteiger partial charge >= 0.3 is 0 Å². The van der Waals surface area contributed by atoms with E-state index in [0.717, 1.165) is 12.1 Å². The molecule has 1 aliphatic carbocycles. The van der Waals surface area contributed by atoms with Crippen LogP contribution in [0.1, 0.15) is 19.8 Å². The van der Waals surface area contributed by atoms with Crippen molar-refractivity contribution in [3.8, 4) is 0 Å². The maximum Gasteiger partial charge on any atom is 0.295 e. The van der Waals surface area contributed by atoms with Crippen molar-refractivity contribution >= 4 is 11.4 Å². The molecular weight excluding hydrogens is 222 g/mol. The van der Waals surface area contributed by atoms with Gasteiger partial charge in [0.05, 0.1) is 6.42 Å². The Labute approximate surface area is 107 Å². The molecule has 0 aromatic heterocycles. The van der Waals surface area contributed by atoms with Crippen molar-refractivity contribution in [1.82, 2.24) is 0 Å². The lowest BCUT2D eigenvalue weighted by molar-refractivity contribution is -0.00541. The second-order valence-electron chi connectivity index (χ2n) is 4.52. The molecule has 0 radical (unpaired) electrons. The van der Waals surface area contributed by atoms with Crippen LogP contribution < -0.4 is 5.32 Å². The highest BCUT2D eigenvalue weighted by Gasteiger charge is 2.10. The number of nitrogens with one attached hydrogen (secondary N) is 1. The van der Waals surface area contributed by atoms with Crippen molar-refractivity contribution in [3.05, 3.63) is 59.7 Å². The summed E-state index contributed by atoms with van der Waals surface area (Å²) >= 11 is 0. The summed E-state index contributed by atoms with van der Waals surface area (Å²) in [6.45, 7) is 2.16. The predicted molar refractivity (Wildman–Crippen MR) is 74.6 cm³/mol. The van der Waals surface area contributed by atoms with E-state index in [9.17, 15) is 0 Å². The van der Waals surface area contributed by atoms with Crippen molar-refractivity contribution in [2.45, 2.75) is 25.8 Å². The number of hydrogen-bond acceptors (Lipinski definition) is 1. The number of benzene rings is 1. The van der Waals surface area contributed by atoms with Gasteiger partial charge < -0.3 is 10.8 Å². The van der Waals surface area contributed by atoms with Gasteiger partial charge in [0.2, 0.25) is 0 Å². The third kappa shape index (κ3) is 3.44. The number of hydrogen-bond donors (Lipinski definition) is 1. The van der Waals surface area contributed by atoms with E-state index in [0.29, 0.717) is 18.2 Å². The Hall–Kier alpha value is -2.12. The highest BCUT2D eigenvalue weighted by atomic mass is 14.9. The lowest BCUT2D eigenvalue weighted by atomic mass is 10.00. The largest absolute Gasteiger partial charge is 0.382 e. The molecule has 0 saturated heterocycles. The van der Waals surface area contributed by atoms with E-state index in [1.165, 1.54) is 5.57 Å². The maximum absolute atomic E-state index is 8.65. The number of anilines is 1. The molecule has 0 aliphatic heterocycles. The molecule has 92 valence electrons. The zero-order chi connectivity index (χ0) is 12.8. The lowest BCUT2D eigenvalue weighted by Crippen LogP contribution is -2.16. The Morgan fingerprint density at radius 3 is 2.67 bits per heavy atom. The van der Waals surface area contributed by atoms with Gasteiger partial charge in [-0.25, -0.2) is 0 Å². The minimum atomic E-state index is 0.371. The molecule has 0 bridgehead atoms. The van der Waals surface area contributed by atoms with Crippen molar-refractivity contribution in [3.63, 3.8) is 0 Å². The Balaban J connectivity index is 1.89. The first-order chi connectivity index (χ1) is 8.78. The summed E-state index contributed by atoms with van der Waals surface area (Å²) in [7, 11) is 0. The van der Waals surface area contributed by atoms with E-state index in [-0.39, 0.29) is 0 Å². The van der Waals surface area contributed by atoms with Crippen LogP contribution in [0.3, 0.4) is 0 Å². The highest BCUT2D eigenvalue weighted by molar-refractivity contribution is 5.93. The monoisotopic (exact) mass is 239 g/mol. The van der Waals surface area contributed by atoms with Crippen LogP contribution in [-0.4, -0.2) is 16.5 Å². The van der Waals surface area contributed by atoms with Gasteiger partial charge in [-0.2, -0.15) is 4.79 Å². The molecule has 1 aromatic carbocycles. The zero-order valence-corrected chi connectivity index (χ0v) is 10.5. The molecule has 1 unspecified atom stereocenters. The van der Waals surface area contributed by atoms with Crippen LogP contribution in [0.25, 0.3) is 5.53 Å². The smallest absolute Gasteiger partial charge is 0.295 e. The molecule has 0 fully saturated rings. The second kappa shape index (κ2) is 5.99. The second-order valence-corrected chi connectivity index (χ2v) is 4.52. The van der Waals surface area contributed by atoms with Crippen LogP contribution in [0.5, 0.6) is 0 Å². The summed E-state index contributed by atoms with van der Waals surface area (Å²) in [6.07, 6.45) is 7.66. The summed E-state index contributed by atoms with van der Waals surface area (Å²) in [5.41, 5.74) is 11.8. The highest BCUT2D eigenvalue weighted by Crippen LogP contribution is 2.16. The quantitative estimate of drug-likeness (QED) is 0.635. The Bertz CT molecular complexity index is 508. The zero-order valence-electron chi connectivity index (χ0n) is 10.5. The van der Waals surface area contributed by atoms with Crippen LogP contribution >= 0.6 is 0 Å². The SMILES string of the molecule is CC(CC1=CCC(=[N+]=[N-])C=C1)Nc1ccccc1. The first kappa shape index (κ1) is 12.3. The van der Waals surface area contributed by atoms with Gasteiger partial charge in [-0.1, -0.05) is 30.4 Å². The van der Waals surface area contributed by atoms with Crippen LogP contribution in [0, 0.1) is 0 Å². The van der Waals surface area contributed by atoms with Crippen molar-refractivity contribution in [2.75, 3.05) is 5.32 Å². The molecule has 3 nitrogen and oxygen atoms in total. The Morgan fingerprint density at radius 2 is 2.06 bits per heavy atom. The minimum Gasteiger partial charge on any atom is -0.382 e. The van der Waals surface area contributed by atoms with E-state index >= 15 is 0 Å². The molecule has 1 aliphatic rings. The van der Waals surface area contributed by atoms with Gasteiger partial charge in [0, 0.05) is 17.8 Å². The molecule has 0 spiro atoms. The first-order valence-electron chi connectivity index (χ1n) is 6.17. The van der Waals surface area contributed by atoms with E-state index in [2.05, 4.69) is 35.2 Å². The molecule has 2 rings (SSSR count). The molecular formula is C15H17N3. The molecule has 0 amide bonds. The third-order valence-electron chi connectivity index (χ3n) is 2.92. The lowest BCUT2D eigenvalue weighted by Gasteiger charge is -2.16. The van der Waals surface area contributed by atoms with E-state index in [1.807, 2.05) is 30.4 Å². The first-order valence-corrected chi connectivity index (χ1v) is 6.17. The number of rotatable bonds is 4. The molecule has 1 aromatic rings. The Kier molecular flexibility index (Phi) is 4.11. The number of para-hydroxylation sites is 1. The molecule has 3 heteroatoms. The average Bonchev–Trinajstić information content (AvgIpc) is 2.40. The van der Waals surface area contributed by atoms with E-state index in [1.54, 1.807) is 0 Å². The van der Waals surface area contributed by atoms with Crippen LogP contribution in [0.4, 0.5) is 5.69 Å². The van der Waals surface area contributed by atoms with Crippen LogP contribution in [0.15, 0.2) is 54.1 Å². The fraction of sp³-hybridized carbons (Fsp3) is 0.267. The molecule has 1 N–H and O–H groups in total. The normalized spacial score (nSPS) is 15.8. The third-order valence-corrected chi connectivity index (χ3v) is 2.92. The van der Waals surface area contributed by atoms with Crippen LogP contribution in [-0.2, 0) is 0 Å². The van der Waals surface area contributed by atoms with Gasteiger partial charge in [-0.3, -0.25) is 0 Å². The van der Waals surface area contributed by atoms with Gasteiger partial charge in [-0.15, -0.1) is 0 Å². The minimum absolute atomic E-state index is 0.371. The summed E-state index contributed by atoms with van der Waals surface area (Å²) in [4.78, 5) is 3.20. The summed E-state index contributed by atoms with van der Waals surface area (Å²) < 4.78 is 0. The van der Waals surface area contributed by atoms with Gasteiger partial charge in [0.15, 0.2) is 0 Å².